The highest BCUT2D eigenvalue weighted by atomic mass is 16.6. The summed E-state index contributed by atoms with van der Waals surface area (Å²) in [6.45, 7) is 9.36. The molecular weight excluding hydrogens is 398 g/mol. The fraction of sp³-hybridized carbons (Fsp3) is 0.524. The Morgan fingerprint density at radius 3 is 2.39 bits per heavy atom. The maximum Gasteiger partial charge on any atom is 0.353 e. The van der Waals surface area contributed by atoms with Crippen LogP contribution in [0.2, 0.25) is 0 Å². The van der Waals surface area contributed by atoms with Gasteiger partial charge in [0.2, 0.25) is 17.6 Å². The minimum absolute atomic E-state index is 0.0480. The Morgan fingerprint density at radius 2 is 1.77 bits per heavy atom. The lowest BCUT2D eigenvalue weighted by atomic mass is 10.2. The number of nitro groups is 1. The number of nitrogen functional groups attached to an aromatic ring is 1. The highest BCUT2D eigenvalue weighted by molar-refractivity contribution is 5.71. The van der Waals surface area contributed by atoms with Crippen molar-refractivity contribution in [2.24, 2.45) is 0 Å². The van der Waals surface area contributed by atoms with Gasteiger partial charge in [0.05, 0.1) is 43.3 Å². The Bertz CT molecular complexity index is 909. The first-order valence-electron chi connectivity index (χ1n) is 10.8. The van der Waals surface area contributed by atoms with Gasteiger partial charge in [-0.25, -0.2) is 0 Å². The Balaban J connectivity index is 1.52. The maximum absolute atomic E-state index is 11.7. The third kappa shape index (κ3) is 4.86. The van der Waals surface area contributed by atoms with Crippen molar-refractivity contribution in [2.45, 2.75) is 32.6 Å². The first kappa shape index (κ1) is 21.3. The quantitative estimate of drug-likeness (QED) is 0.522. The number of piperazine rings is 1. The fourth-order valence-electron chi connectivity index (χ4n) is 4.42. The molecule has 2 aliphatic heterocycles. The lowest BCUT2D eigenvalue weighted by Gasteiger charge is -2.36. The Hall–Kier alpha value is -2.98. The van der Waals surface area contributed by atoms with E-state index in [4.69, 9.17) is 10.5 Å². The molecule has 0 amide bonds. The summed E-state index contributed by atoms with van der Waals surface area (Å²) >= 11 is 0. The van der Waals surface area contributed by atoms with E-state index in [0.717, 1.165) is 32.7 Å². The highest BCUT2D eigenvalue weighted by Gasteiger charge is 2.33. The van der Waals surface area contributed by atoms with Crippen LogP contribution in [-0.4, -0.2) is 66.4 Å². The molecule has 3 N–H and O–H groups in total. The summed E-state index contributed by atoms with van der Waals surface area (Å²) in [6, 6.07) is 10.5. The van der Waals surface area contributed by atoms with Gasteiger partial charge in [-0.1, -0.05) is 30.3 Å². The molecule has 31 heavy (non-hydrogen) atoms. The van der Waals surface area contributed by atoms with E-state index in [1.165, 1.54) is 10.5 Å². The molecule has 0 aliphatic carbocycles. The molecular formula is C21H30N7O3+. The number of rotatable bonds is 5. The van der Waals surface area contributed by atoms with E-state index in [0.29, 0.717) is 19.0 Å². The van der Waals surface area contributed by atoms with Crippen molar-refractivity contribution in [3.05, 3.63) is 46.0 Å². The van der Waals surface area contributed by atoms with Gasteiger partial charge in [-0.2, -0.15) is 9.97 Å². The second-order valence-electron chi connectivity index (χ2n) is 8.40. The SMILES string of the molecule is C[C@@H]1CN(c2nc(N3CC[NH+](Cc4ccccc4)CC3)nc(N)c2[N+](=O)[O-])C[C@H](C)O1. The predicted octanol–water partition coefficient (Wildman–Crippen LogP) is 0.486. The van der Waals surface area contributed by atoms with Crippen molar-refractivity contribution in [1.29, 1.82) is 0 Å². The van der Waals surface area contributed by atoms with Crippen molar-refractivity contribution in [1.82, 2.24) is 9.97 Å². The number of anilines is 3. The third-order valence-electron chi connectivity index (χ3n) is 5.83. The van der Waals surface area contributed by atoms with Gasteiger partial charge in [0.15, 0.2) is 0 Å². The average Bonchev–Trinajstić information content (AvgIpc) is 2.73. The zero-order valence-corrected chi connectivity index (χ0v) is 18.0. The van der Waals surface area contributed by atoms with Gasteiger partial charge in [0, 0.05) is 18.7 Å². The molecule has 2 fully saturated rings. The minimum atomic E-state index is -0.485. The Morgan fingerprint density at radius 1 is 1.13 bits per heavy atom. The molecule has 0 radical (unpaired) electrons. The summed E-state index contributed by atoms with van der Waals surface area (Å²) in [5, 5.41) is 11.7. The van der Waals surface area contributed by atoms with Gasteiger partial charge in [-0.3, -0.25) is 10.1 Å². The van der Waals surface area contributed by atoms with Gasteiger partial charge in [0.1, 0.15) is 6.54 Å². The van der Waals surface area contributed by atoms with Crippen molar-refractivity contribution in [3.8, 4) is 0 Å². The molecule has 0 spiro atoms. The lowest BCUT2D eigenvalue weighted by Crippen LogP contribution is -3.13. The van der Waals surface area contributed by atoms with Crippen LogP contribution in [0.25, 0.3) is 0 Å². The number of quaternary nitrogens is 1. The summed E-state index contributed by atoms with van der Waals surface area (Å²) in [5.74, 6) is 0.660. The van der Waals surface area contributed by atoms with Crippen LogP contribution in [0.5, 0.6) is 0 Å². The van der Waals surface area contributed by atoms with Crippen LogP contribution in [-0.2, 0) is 11.3 Å². The van der Waals surface area contributed by atoms with Crippen molar-refractivity contribution in [2.75, 3.05) is 54.8 Å². The minimum Gasteiger partial charge on any atom is -0.378 e. The van der Waals surface area contributed by atoms with E-state index in [1.807, 2.05) is 24.8 Å². The molecule has 1 aromatic carbocycles. The Kier molecular flexibility index (Phi) is 6.19. The molecule has 2 saturated heterocycles. The maximum atomic E-state index is 11.7. The molecule has 0 unspecified atom stereocenters. The molecule has 1 aromatic heterocycles. The largest absolute Gasteiger partial charge is 0.378 e. The molecule has 3 heterocycles. The molecule has 10 heteroatoms. The summed E-state index contributed by atoms with van der Waals surface area (Å²) in [4.78, 5) is 25.6. The zero-order chi connectivity index (χ0) is 22.0. The van der Waals surface area contributed by atoms with Gasteiger partial charge < -0.3 is 25.2 Å². The molecule has 4 rings (SSSR count). The van der Waals surface area contributed by atoms with E-state index >= 15 is 0 Å². The van der Waals surface area contributed by atoms with Crippen LogP contribution in [0.15, 0.2) is 30.3 Å². The van der Waals surface area contributed by atoms with Gasteiger partial charge in [-0.15, -0.1) is 0 Å². The molecule has 2 aliphatic rings. The molecule has 2 aromatic rings. The molecule has 0 saturated carbocycles. The zero-order valence-electron chi connectivity index (χ0n) is 18.0. The van der Waals surface area contributed by atoms with Crippen molar-refractivity contribution >= 4 is 23.3 Å². The second-order valence-corrected chi connectivity index (χ2v) is 8.40. The van der Waals surface area contributed by atoms with E-state index in [9.17, 15) is 10.1 Å². The van der Waals surface area contributed by atoms with Crippen LogP contribution in [0.1, 0.15) is 19.4 Å². The van der Waals surface area contributed by atoms with Crippen molar-refractivity contribution in [3.63, 3.8) is 0 Å². The number of nitrogens with zero attached hydrogens (tertiary/aromatic N) is 5. The summed E-state index contributed by atoms with van der Waals surface area (Å²) in [7, 11) is 0. The van der Waals surface area contributed by atoms with E-state index in [2.05, 4.69) is 39.1 Å². The van der Waals surface area contributed by atoms with Crippen LogP contribution in [0, 0.1) is 10.1 Å². The van der Waals surface area contributed by atoms with Crippen LogP contribution < -0.4 is 20.4 Å². The van der Waals surface area contributed by atoms with E-state index in [1.54, 1.807) is 0 Å². The summed E-state index contributed by atoms with van der Waals surface area (Å²) < 4.78 is 5.78. The summed E-state index contributed by atoms with van der Waals surface area (Å²) in [5.41, 5.74) is 7.15. The molecule has 2 atom stereocenters. The number of hydrogen-bond acceptors (Lipinski definition) is 8. The number of aromatic nitrogens is 2. The first-order chi connectivity index (χ1) is 14.9. The number of benzene rings is 1. The average molecular weight is 429 g/mol. The number of hydrogen-bond donors (Lipinski definition) is 2. The van der Waals surface area contributed by atoms with E-state index in [-0.39, 0.29) is 29.5 Å². The topological polar surface area (TPSA) is 115 Å². The smallest absolute Gasteiger partial charge is 0.353 e. The van der Waals surface area contributed by atoms with Crippen molar-refractivity contribution < 1.29 is 14.6 Å². The van der Waals surface area contributed by atoms with E-state index < -0.39 is 4.92 Å². The van der Waals surface area contributed by atoms with Gasteiger partial charge >= 0.3 is 5.69 Å². The number of nitrogens with one attached hydrogen (secondary N) is 1. The molecule has 10 nitrogen and oxygen atoms in total. The number of nitrogens with two attached hydrogens (primary N) is 1. The van der Waals surface area contributed by atoms with Gasteiger partial charge in [-0.05, 0) is 13.8 Å². The monoisotopic (exact) mass is 428 g/mol. The van der Waals surface area contributed by atoms with Gasteiger partial charge in [0.25, 0.3) is 0 Å². The van der Waals surface area contributed by atoms with Crippen LogP contribution in [0.3, 0.4) is 0 Å². The highest BCUT2D eigenvalue weighted by Crippen LogP contribution is 2.34. The fourth-order valence-corrected chi connectivity index (χ4v) is 4.42. The normalized spacial score (nSPS) is 22.5. The first-order valence-corrected chi connectivity index (χ1v) is 10.8. The number of ether oxygens (including phenoxy) is 1. The Labute approximate surface area is 181 Å². The third-order valence-corrected chi connectivity index (χ3v) is 5.83. The number of morpholine rings is 1. The standard InChI is InChI=1S/C21H29N7O3/c1-15-12-27(13-16(2)31-15)20-18(28(29)30)19(22)23-21(24-20)26-10-8-25(9-11-26)14-17-6-4-3-5-7-17/h3-7,15-16H,8-14H2,1-2H3,(H2,22,23,24)/p+1/t15-,16+. The lowest BCUT2D eigenvalue weighted by molar-refractivity contribution is -0.914. The second kappa shape index (κ2) is 9.03. The summed E-state index contributed by atoms with van der Waals surface area (Å²) in [6.07, 6.45) is -0.0961. The molecule has 0 bridgehead atoms. The molecule has 166 valence electrons. The van der Waals surface area contributed by atoms with Crippen LogP contribution >= 0.6 is 0 Å². The van der Waals surface area contributed by atoms with Crippen LogP contribution in [0.4, 0.5) is 23.3 Å². The predicted molar refractivity (Wildman–Crippen MR) is 118 cm³/mol.